The van der Waals surface area contributed by atoms with Gasteiger partial charge in [0.15, 0.2) is 5.65 Å². The molecule has 132 valence electrons. The number of thiophene rings is 1. The first kappa shape index (κ1) is 17.0. The van der Waals surface area contributed by atoms with E-state index in [1.807, 2.05) is 44.2 Å². The highest BCUT2D eigenvalue weighted by atomic mass is 35.5. The van der Waals surface area contributed by atoms with E-state index in [2.05, 4.69) is 0 Å². The Morgan fingerprint density at radius 2 is 1.85 bits per heavy atom. The number of nitrogens with zero attached hydrogens (tertiary/aromatic N) is 3. The van der Waals surface area contributed by atoms with Crippen LogP contribution in [0.4, 0.5) is 0 Å². The van der Waals surface area contributed by atoms with Gasteiger partial charge in [0.1, 0.15) is 16.0 Å². The molecule has 0 bridgehead atoms. The summed E-state index contributed by atoms with van der Waals surface area (Å²) < 4.78 is 3.83. The second-order valence-corrected chi connectivity index (χ2v) is 8.12. The standard InChI is InChI=1S/C19H16ClN3O2S/c1-10(2)16-21-17-14(18(25)23(16)11-7-5-4-6-8-11)15(24)12-9-13(20)26-19(12)22(17)3/h4-10H,1-3H3. The first-order valence-electron chi connectivity index (χ1n) is 8.20. The molecule has 0 fully saturated rings. The van der Waals surface area contributed by atoms with Crippen molar-refractivity contribution in [3.63, 3.8) is 0 Å². The van der Waals surface area contributed by atoms with E-state index in [1.165, 1.54) is 15.9 Å². The van der Waals surface area contributed by atoms with E-state index in [0.29, 0.717) is 31.7 Å². The predicted octanol–water partition coefficient (Wildman–Crippen LogP) is 4.08. The second-order valence-electron chi connectivity index (χ2n) is 6.46. The average molecular weight is 386 g/mol. The van der Waals surface area contributed by atoms with Crippen LogP contribution in [0.25, 0.3) is 26.9 Å². The molecule has 5 nitrogen and oxygen atoms in total. The summed E-state index contributed by atoms with van der Waals surface area (Å²) in [4.78, 5) is 31.8. The lowest BCUT2D eigenvalue weighted by atomic mass is 10.1. The highest BCUT2D eigenvalue weighted by Crippen LogP contribution is 2.29. The summed E-state index contributed by atoms with van der Waals surface area (Å²) in [7, 11) is 1.81. The molecular formula is C19H16ClN3O2S. The number of para-hydroxylation sites is 1. The first-order chi connectivity index (χ1) is 12.4. The number of pyridine rings is 1. The summed E-state index contributed by atoms with van der Waals surface area (Å²) in [6.07, 6.45) is 0. The number of hydrogen-bond acceptors (Lipinski definition) is 4. The van der Waals surface area contributed by atoms with Gasteiger partial charge in [-0.15, -0.1) is 11.3 Å². The molecule has 0 saturated carbocycles. The van der Waals surface area contributed by atoms with Gasteiger partial charge in [-0.1, -0.05) is 43.6 Å². The summed E-state index contributed by atoms with van der Waals surface area (Å²) in [5, 5.41) is 0.536. The second kappa shape index (κ2) is 6.07. The van der Waals surface area contributed by atoms with Crippen molar-refractivity contribution in [3.05, 3.63) is 67.1 Å². The third kappa shape index (κ3) is 2.40. The lowest BCUT2D eigenvalue weighted by Crippen LogP contribution is -2.29. The van der Waals surface area contributed by atoms with E-state index < -0.39 is 0 Å². The summed E-state index contributed by atoms with van der Waals surface area (Å²) in [5.74, 6) is 0.621. The fraction of sp³-hybridized carbons (Fsp3) is 0.211. The van der Waals surface area contributed by atoms with Crippen molar-refractivity contribution < 1.29 is 0 Å². The predicted molar refractivity (Wildman–Crippen MR) is 107 cm³/mol. The summed E-state index contributed by atoms with van der Waals surface area (Å²) in [5.41, 5.74) is 0.409. The lowest BCUT2D eigenvalue weighted by Gasteiger charge is -2.17. The molecule has 3 aromatic heterocycles. The van der Waals surface area contributed by atoms with Crippen LogP contribution in [0.3, 0.4) is 0 Å². The maximum Gasteiger partial charge on any atom is 0.271 e. The third-order valence-corrected chi connectivity index (χ3v) is 5.74. The molecule has 0 spiro atoms. The van der Waals surface area contributed by atoms with Gasteiger partial charge in [-0.3, -0.25) is 14.2 Å². The monoisotopic (exact) mass is 385 g/mol. The molecule has 4 rings (SSSR count). The van der Waals surface area contributed by atoms with Crippen molar-refractivity contribution in [2.24, 2.45) is 7.05 Å². The number of aryl methyl sites for hydroxylation is 1. The van der Waals surface area contributed by atoms with Crippen LogP contribution in [0.2, 0.25) is 4.34 Å². The molecule has 0 N–H and O–H groups in total. The zero-order valence-electron chi connectivity index (χ0n) is 14.5. The number of benzene rings is 1. The van der Waals surface area contributed by atoms with Crippen molar-refractivity contribution in [2.75, 3.05) is 0 Å². The van der Waals surface area contributed by atoms with Gasteiger partial charge >= 0.3 is 0 Å². The summed E-state index contributed by atoms with van der Waals surface area (Å²) >= 11 is 7.42. The Kier molecular flexibility index (Phi) is 3.97. The largest absolute Gasteiger partial charge is 0.320 e. The quantitative estimate of drug-likeness (QED) is 0.522. The van der Waals surface area contributed by atoms with Crippen LogP contribution in [-0.2, 0) is 7.05 Å². The minimum Gasteiger partial charge on any atom is -0.320 e. The molecular weight excluding hydrogens is 370 g/mol. The fourth-order valence-corrected chi connectivity index (χ4v) is 4.35. The van der Waals surface area contributed by atoms with Crippen molar-refractivity contribution in [1.29, 1.82) is 0 Å². The fourth-order valence-electron chi connectivity index (χ4n) is 3.18. The molecule has 7 heteroatoms. The van der Waals surface area contributed by atoms with Gasteiger partial charge in [-0.05, 0) is 18.2 Å². The van der Waals surface area contributed by atoms with Gasteiger partial charge in [0.05, 0.1) is 15.4 Å². The number of hydrogen-bond donors (Lipinski definition) is 0. The van der Waals surface area contributed by atoms with Gasteiger partial charge in [-0.2, -0.15) is 0 Å². The highest BCUT2D eigenvalue weighted by Gasteiger charge is 2.21. The maximum absolute atomic E-state index is 13.4. The van der Waals surface area contributed by atoms with Gasteiger partial charge < -0.3 is 4.57 Å². The molecule has 0 radical (unpaired) electrons. The molecule has 0 aliphatic carbocycles. The Balaban J connectivity index is 2.27. The lowest BCUT2D eigenvalue weighted by molar-refractivity contribution is 0.716. The zero-order valence-corrected chi connectivity index (χ0v) is 16.1. The van der Waals surface area contributed by atoms with E-state index in [1.54, 1.807) is 17.7 Å². The van der Waals surface area contributed by atoms with E-state index in [0.717, 1.165) is 0 Å². The molecule has 3 heterocycles. The molecule has 0 unspecified atom stereocenters. The van der Waals surface area contributed by atoms with E-state index >= 15 is 0 Å². The molecule has 4 aromatic rings. The molecule has 0 amide bonds. The maximum atomic E-state index is 13.4. The molecule has 26 heavy (non-hydrogen) atoms. The van der Waals surface area contributed by atoms with Crippen LogP contribution in [0.15, 0.2) is 46.0 Å². The Morgan fingerprint density at radius 1 is 1.15 bits per heavy atom. The van der Waals surface area contributed by atoms with Crippen molar-refractivity contribution in [2.45, 2.75) is 19.8 Å². The third-order valence-electron chi connectivity index (χ3n) is 4.40. The highest BCUT2D eigenvalue weighted by molar-refractivity contribution is 7.22. The Labute approximate surface area is 158 Å². The van der Waals surface area contributed by atoms with Gasteiger partial charge in [-0.25, -0.2) is 4.98 Å². The summed E-state index contributed by atoms with van der Waals surface area (Å²) in [6.45, 7) is 3.96. The molecule has 0 saturated heterocycles. The van der Waals surface area contributed by atoms with E-state index in [-0.39, 0.29) is 22.3 Å². The average Bonchev–Trinajstić information content (AvgIpc) is 3.02. The van der Waals surface area contributed by atoms with Crippen molar-refractivity contribution in [1.82, 2.24) is 14.1 Å². The molecule has 1 aromatic carbocycles. The summed E-state index contributed by atoms with van der Waals surface area (Å²) in [6, 6.07) is 10.9. The normalized spacial score (nSPS) is 11.7. The van der Waals surface area contributed by atoms with Crippen LogP contribution < -0.4 is 11.0 Å². The van der Waals surface area contributed by atoms with Crippen LogP contribution in [-0.4, -0.2) is 14.1 Å². The smallest absolute Gasteiger partial charge is 0.271 e. The van der Waals surface area contributed by atoms with Gasteiger partial charge in [0.25, 0.3) is 5.56 Å². The minimum absolute atomic E-state index is 0.00466. The van der Waals surface area contributed by atoms with Crippen LogP contribution >= 0.6 is 22.9 Å². The number of fused-ring (bicyclic) bond motifs is 2. The van der Waals surface area contributed by atoms with Crippen LogP contribution in [0.1, 0.15) is 25.6 Å². The van der Waals surface area contributed by atoms with Crippen LogP contribution in [0, 0.1) is 0 Å². The SMILES string of the molecule is CC(C)c1nc2c(c(=O)c3cc(Cl)sc3n2C)c(=O)n1-c1ccccc1. The number of aromatic nitrogens is 3. The Bertz CT molecular complexity index is 1270. The molecule has 0 atom stereocenters. The van der Waals surface area contributed by atoms with Crippen LogP contribution in [0.5, 0.6) is 0 Å². The van der Waals surface area contributed by atoms with Crippen molar-refractivity contribution in [3.8, 4) is 5.69 Å². The Morgan fingerprint density at radius 3 is 2.50 bits per heavy atom. The van der Waals surface area contributed by atoms with E-state index in [4.69, 9.17) is 16.6 Å². The molecule has 0 aliphatic rings. The first-order valence-corrected chi connectivity index (χ1v) is 9.39. The minimum atomic E-state index is -0.352. The van der Waals surface area contributed by atoms with Gasteiger partial charge in [0.2, 0.25) is 5.43 Å². The van der Waals surface area contributed by atoms with E-state index in [9.17, 15) is 9.59 Å². The number of rotatable bonds is 2. The van der Waals surface area contributed by atoms with Crippen molar-refractivity contribution >= 4 is 44.2 Å². The topological polar surface area (TPSA) is 56.9 Å². The zero-order chi connectivity index (χ0) is 18.6. The number of halogens is 1. The molecule has 0 aliphatic heterocycles. The van der Waals surface area contributed by atoms with Gasteiger partial charge in [0, 0.05) is 13.0 Å². The Hall–Kier alpha value is -2.44.